The number of aromatic nitrogens is 2. The van der Waals surface area contributed by atoms with E-state index in [1.807, 2.05) is 0 Å². The smallest absolute Gasteiger partial charge is 0.343 e. The van der Waals surface area contributed by atoms with Gasteiger partial charge in [-0.05, 0) is 28.1 Å². The van der Waals surface area contributed by atoms with E-state index in [0.717, 1.165) is 12.3 Å². The van der Waals surface area contributed by atoms with Crippen molar-refractivity contribution in [1.82, 2.24) is 15.3 Å². The van der Waals surface area contributed by atoms with Gasteiger partial charge in [-0.15, -0.1) is 0 Å². The fourth-order valence-electron chi connectivity index (χ4n) is 1.67. The summed E-state index contributed by atoms with van der Waals surface area (Å²) in [6.07, 6.45) is 0.832. The van der Waals surface area contributed by atoms with Gasteiger partial charge in [-0.2, -0.15) is 15.5 Å². The van der Waals surface area contributed by atoms with Crippen LogP contribution >= 0.6 is 15.9 Å². The predicted octanol–water partition coefficient (Wildman–Crippen LogP) is 2.93. The standard InChI is InChI=1S/C12H11BrF2N8O/c1-18-12(24)23(22-17)9-3-8(6(14)2-5(9)13)20-11-19-4-7(15)10(16)21-11/h2-4,17H,1H3,(H,18,24)(H3,16,19,20,21). The van der Waals surface area contributed by atoms with E-state index in [9.17, 15) is 13.6 Å². The lowest BCUT2D eigenvalue weighted by molar-refractivity contribution is 0.248. The van der Waals surface area contributed by atoms with Gasteiger partial charge in [-0.3, -0.25) is 0 Å². The van der Waals surface area contributed by atoms with Gasteiger partial charge in [0.2, 0.25) is 5.95 Å². The Hall–Kier alpha value is -2.89. The van der Waals surface area contributed by atoms with Crippen molar-refractivity contribution in [3.05, 3.63) is 34.4 Å². The Morgan fingerprint density at radius 1 is 1.42 bits per heavy atom. The summed E-state index contributed by atoms with van der Waals surface area (Å²) in [5.41, 5.74) is 12.4. The van der Waals surface area contributed by atoms with E-state index in [1.54, 1.807) is 0 Å². The highest BCUT2D eigenvalue weighted by atomic mass is 79.9. The van der Waals surface area contributed by atoms with Crippen LogP contribution in [0, 0.1) is 17.2 Å². The molecule has 0 fully saturated rings. The number of nitrogen functional groups attached to an aromatic ring is 1. The predicted molar refractivity (Wildman–Crippen MR) is 85.9 cm³/mol. The third kappa shape index (κ3) is 3.53. The van der Waals surface area contributed by atoms with E-state index in [1.165, 1.54) is 13.1 Å². The molecule has 1 aromatic heterocycles. The van der Waals surface area contributed by atoms with Gasteiger partial charge in [-0.1, -0.05) is 5.22 Å². The Kier molecular flexibility index (Phi) is 5.18. The summed E-state index contributed by atoms with van der Waals surface area (Å²) in [6, 6.07) is 1.56. The molecule has 1 heterocycles. The maximum Gasteiger partial charge on any atom is 0.343 e. The number of rotatable bonds is 4. The first kappa shape index (κ1) is 17.5. The number of hydrogen-bond donors (Lipinski definition) is 4. The minimum absolute atomic E-state index is 0.0864. The average molecular weight is 401 g/mol. The molecule has 1 aromatic carbocycles. The number of carbonyl (C=O) groups is 1. The SMILES string of the molecule is CNC(=O)N(N=N)c1cc(Nc2ncc(F)c(N)n2)c(F)cc1Br. The maximum absolute atomic E-state index is 14.1. The number of carbonyl (C=O) groups excluding carboxylic acids is 1. The van der Waals surface area contributed by atoms with Gasteiger partial charge in [0, 0.05) is 11.5 Å². The van der Waals surface area contributed by atoms with Crippen LogP contribution in [-0.4, -0.2) is 23.0 Å². The van der Waals surface area contributed by atoms with Crippen molar-refractivity contribution in [1.29, 1.82) is 5.53 Å². The average Bonchev–Trinajstić information content (AvgIpc) is 2.55. The van der Waals surface area contributed by atoms with E-state index in [-0.39, 0.29) is 21.8 Å². The lowest BCUT2D eigenvalue weighted by Crippen LogP contribution is -2.34. The van der Waals surface area contributed by atoms with E-state index < -0.39 is 23.5 Å². The molecule has 0 bridgehead atoms. The molecule has 126 valence electrons. The minimum Gasteiger partial charge on any atom is -0.381 e. The molecule has 0 unspecified atom stereocenters. The summed E-state index contributed by atoms with van der Waals surface area (Å²) in [5, 5.41) is 8.60. The third-order valence-corrected chi connectivity index (χ3v) is 3.42. The van der Waals surface area contributed by atoms with Crippen molar-refractivity contribution >= 4 is 45.1 Å². The molecule has 12 heteroatoms. The summed E-state index contributed by atoms with van der Waals surface area (Å²) < 4.78 is 27.4. The highest BCUT2D eigenvalue weighted by Gasteiger charge is 2.20. The number of urea groups is 1. The first-order valence-electron chi connectivity index (χ1n) is 6.30. The van der Waals surface area contributed by atoms with E-state index in [0.29, 0.717) is 5.01 Å². The van der Waals surface area contributed by atoms with Crippen molar-refractivity contribution < 1.29 is 13.6 Å². The monoisotopic (exact) mass is 400 g/mol. The van der Waals surface area contributed by atoms with Crippen LogP contribution in [0.4, 0.5) is 36.7 Å². The van der Waals surface area contributed by atoms with Crippen molar-refractivity contribution in [3.63, 3.8) is 0 Å². The minimum atomic E-state index is -0.809. The summed E-state index contributed by atoms with van der Waals surface area (Å²) in [4.78, 5) is 19.0. The molecule has 24 heavy (non-hydrogen) atoms. The van der Waals surface area contributed by atoms with Crippen LogP contribution in [0.1, 0.15) is 0 Å². The molecular formula is C12H11BrF2N8O. The lowest BCUT2D eigenvalue weighted by Gasteiger charge is -2.17. The van der Waals surface area contributed by atoms with Gasteiger partial charge >= 0.3 is 6.03 Å². The fourth-order valence-corrected chi connectivity index (χ4v) is 2.15. The molecule has 2 aromatic rings. The molecule has 2 amide bonds. The van der Waals surface area contributed by atoms with Gasteiger partial charge in [0.1, 0.15) is 5.82 Å². The Morgan fingerprint density at radius 3 is 2.71 bits per heavy atom. The van der Waals surface area contributed by atoms with Crippen LogP contribution in [0.2, 0.25) is 0 Å². The number of halogens is 3. The molecule has 0 spiro atoms. The summed E-state index contributed by atoms with van der Waals surface area (Å²) in [5.74, 6) is -2.07. The van der Waals surface area contributed by atoms with E-state index >= 15 is 0 Å². The summed E-state index contributed by atoms with van der Waals surface area (Å²) in [6.45, 7) is 0. The van der Waals surface area contributed by atoms with Crippen LogP contribution in [0.5, 0.6) is 0 Å². The summed E-state index contributed by atoms with van der Waals surface area (Å²) >= 11 is 3.09. The van der Waals surface area contributed by atoms with Crippen LogP contribution in [0.15, 0.2) is 28.0 Å². The fraction of sp³-hybridized carbons (Fsp3) is 0.0833. The van der Waals surface area contributed by atoms with Gasteiger partial charge in [0.25, 0.3) is 0 Å². The number of nitrogens with one attached hydrogen (secondary N) is 3. The molecular weight excluding hydrogens is 390 g/mol. The number of nitrogens with two attached hydrogens (primary N) is 1. The van der Waals surface area contributed by atoms with Crippen molar-refractivity contribution in [2.75, 3.05) is 23.1 Å². The van der Waals surface area contributed by atoms with Gasteiger partial charge in [0.05, 0.1) is 17.6 Å². The molecule has 9 nitrogen and oxygen atoms in total. The van der Waals surface area contributed by atoms with Crippen LogP contribution < -0.4 is 21.4 Å². The molecule has 0 saturated carbocycles. The zero-order valence-corrected chi connectivity index (χ0v) is 13.7. The lowest BCUT2D eigenvalue weighted by atomic mass is 10.2. The van der Waals surface area contributed by atoms with Crippen LogP contribution in [-0.2, 0) is 0 Å². The second kappa shape index (κ2) is 7.12. The Labute approximate surface area is 142 Å². The first-order chi connectivity index (χ1) is 11.4. The number of anilines is 4. The maximum atomic E-state index is 14.1. The molecule has 0 saturated heterocycles. The highest BCUT2D eigenvalue weighted by Crippen LogP contribution is 2.33. The van der Waals surface area contributed by atoms with Crippen LogP contribution in [0.3, 0.4) is 0 Å². The zero-order valence-electron chi connectivity index (χ0n) is 12.1. The molecule has 0 aliphatic heterocycles. The Bertz CT molecular complexity index is 803. The number of nitrogens with zero attached hydrogens (tertiary/aromatic N) is 4. The first-order valence-corrected chi connectivity index (χ1v) is 7.10. The second-order valence-electron chi connectivity index (χ2n) is 4.30. The Balaban J connectivity index is 2.43. The molecule has 0 atom stereocenters. The molecule has 2 rings (SSSR count). The largest absolute Gasteiger partial charge is 0.381 e. The quantitative estimate of drug-likeness (QED) is 0.462. The van der Waals surface area contributed by atoms with E-state index in [4.69, 9.17) is 11.3 Å². The normalized spacial score (nSPS) is 10.2. The number of benzene rings is 1. The van der Waals surface area contributed by atoms with Gasteiger partial charge in [0.15, 0.2) is 11.6 Å². The topological polar surface area (TPSA) is 132 Å². The zero-order chi connectivity index (χ0) is 17.9. The third-order valence-electron chi connectivity index (χ3n) is 2.79. The number of amides is 2. The second-order valence-corrected chi connectivity index (χ2v) is 5.16. The van der Waals surface area contributed by atoms with Crippen molar-refractivity contribution in [3.8, 4) is 0 Å². The van der Waals surface area contributed by atoms with Gasteiger partial charge < -0.3 is 16.4 Å². The molecule has 0 aliphatic rings. The Morgan fingerprint density at radius 2 is 2.12 bits per heavy atom. The van der Waals surface area contributed by atoms with Gasteiger partial charge in [-0.25, -0.2) is 18.6 Å². The summed E-state index contributed by atoms with van der Waals surface area (Å²) in [7, 11) is 1.35. The van der Waals surface area contributed by atoms with Crippen molar-refractivity contribution in [2.45, 2.75) is 0 Å². The molecule has 0 aliphatic carbocycles. The highest BCUT2D eigenvalue weighted by molar-refractivity contribution is 9.10. The number of hydrogen-bond acceptors (Lipinski definition) is 7. The molecule has 0 radical (unpaired) electrons. The van der Waals surface area contributed by atoms with Crippen LogP contribution in [0.25, 0.3) is 0 Å². The van der Waals surface area contributed by atoms with Crippen molar-refractivity contribution in [2.24, 2.45) is 5.22 Å². The molecule has 5 N–H and O–H groups in total. The van der Waals surface area contributed by atoms with E-state index in [2.05, 4.69) is 41.8 Å².